The van der Waals surface area contributed by atoms with Crippen molar-refractivity contribution in [2.75, 3.05) is 19.8 Å². The Balaban J connectivity index is 2.31. The lowest BCUT2D eigenvalue weighted by Gasteiger charge is -2.22. The van der Waals surface area contributed by atoms with Crippen LogP contribution in [0.1, 0.15) is 12.8 Å². The third-order valence-corrected chi connectivity index (χ3v) is 1.94. The molecular formula is C8H14O2. The van der Waals surface area contributed by atoms with Crippen LogP contribution in [0.2, 0.25) is 0 Å². The molecule has 0 aliphatic carbocycles. The van der Waals surface area contributed by atoms with Crippen LogP contribution in [0.4, 0.5) is 0 Å². The van der Waals surface area contributed by atoms with Crippen molar-refractivity contribution in [2.45, 2.75) is 12.8 Å². The molecule has 0 aromatic rings. The van der Waals surface area contributed by atoms with Gasteiger partial charge in [0.15, 0.2) is 0 Å². The first-order chi connectivity index (χ1) is 4.84. The summed E-state index contributed by atoms with van der Waals surface area (Å²) >= 11 is 0. The van der Waals surface area contributed by atoms with E-state index in [1.165, 1.54) is 0 Å². The summed E-state index contributed by atoms with van der Waals surface area (Å²) in [6, 6.07) is 0. The number of aliphatic hydroxyl groups is 1. The molecule has 2 heteroatoms. The normalized spacial score (nSPS) is 26.3. The molecule has 2 nitrogen and oxygen atoms in total. The van der Waals surface area contributed by atoms with Crippen LogP contribution in [0, 0.1) is 5.92 Å². The van der Waals surface area contributed by atoms with Crippen LogP contribution in [-0.2, 0) is 4.74 Å². The maximum absolute atomic E-state index is 8.73. The fourth-order valence-corrected chi connectivity index (χ4v) is 1.19. The van der Waals surface area contributed by atoms with Gasteiger partial charge in [-0.15, -0.1) is 0 Å². The van der Waals surface area contributed by atoms with E-state index >= 15 is 0 Å². The Morgan fingerprint density at radius 2 is 2.50 bits per heavy atom. The quantitative estimate of drug-likeness (QED) is 0.582. The van der Waals surface area contributed by atoms with Gasteiger partial charge in [0.2, 0.25) is 0 Å². The molecule has 1 rings (SSSR count). The smallest absolute Gasteiger partial charge is 0.0642 e. The Morgan fingerprint density at radius 3 is 3.00 bits per heavy atom. The zero-order valence-electron chi connectivity index (χ0n) is 6.18. The molecule has 10 heavy (non-hydrogen) atoms. The van der Waals surface area contributed by atoms with Crippen molar-refractivity contribution >= 4 is 0 Å². The van der Waals surface area contributed by atoms with Gasteiger partial charge < -0.3 is 9.84 Å². The molecular weight excluding hydrogens is 128 g/mol. The van der Waals surface area contributed by atoms with Crippen molar-refractivity contribution in [1.82, 2.24) is 0 Å². The first kappa shape index (κ1) is 7.76. The van der Waals surface area contributed by atoms with Gasteiger partial charge >= 0.3 is 0 Å². The lowest BCUT2D eigenvalue weighted by molar-refractivity contribution is 0.0636. The van der Waals surface area contributed by atoms with E-state index in [1.54, 1.807) is 0 Å². The molecule has 0 radical (unpaired) electrons. The Kier molecular flexibility index (Phi) is 2.90. The summed E-state index contributed by atoms with van der Waals surface area (Å²) in [4.78, 5) is 0. The molecule has 1 aliphatic heterocycles. The van der Waals surface area contributed by atoms with Gasteiger partial charge in [0, 0.05) is 12.5 Å². The van der Waals surface area contributed by atoms with Gasteiger partial charge in [0.1, 0.15) is 0 Å². The molecule has 1 aliphatic rings. The van der Waals surface area contributed by atoms with Crippen LogP contribution in [0.5, 0.6) is 0 Å². The van der Waals surface area contributed by atoms with Crippen LogP contribution in [0.3, 0.4) is 0 Å². The lowest BCUT2D eigenvalue weighted by Crippen LogP contribution is -2.20. The van der Waals surface area contributed by atoms with Crippen molar-refractivity contribution in [3.63, 3.8) is 0 Å². The molecule has 0 amide bonds. The van der Waals surface area contributed by atoms with Crippen LogP contribution < -0.4 is 0 Å². The highest BCUT2D eigenvalue weighted by Crippen LogP contribution is 2.19. The largest absolute Gasteiger partial charge is 0.392 e. The summed E-state index contributed by atoms with van der Waals surface area (Å²) in [5, 5.41) is 8.73. The molecule has 1 saturated heterocycles. The van der Waals surface area contributed by atoms with Gasteiger partial charge in [0.05, 0.1) is 13.2 Å². The number of hydrogen-bond acceptors (Lipinski definition) is 2. The molecule has 0 aromatic carbocycles. The second-order valence-corrected chi connectivity index (χ2v) is 2.73. The minimum Gasteiger partial charge on any atom is -0.392 e. The van der Waals surface area contributed by atoms with Gasteiger partial charge in [0.25, 0.3) is 0 Å². The summed E-state index contributed by atoms with van der Waals surface area (Å²) in [6.07, 6.45) is 2.23. The van der Waals surface area contributed by atoms with Crippen molar-refractivity contribution in [3.8, 4) is 0 Å². The predicted molar refractivity (Wildman–Crippen MR) is 39.8 cm³/mol. The maximum atomic E-state index is 8.73. The Morgan fingerprint density at radius 1 is 1.70 bits per heavy atom. The average molecular weight is 142 g/mol. The molecule has 1 atom stereocenters. The third-order valence-electron chi connectivity index (χ3n) is 1.94. The number of aliphatic hydroxyl groups excluding tert-OH is 1. The first-order valence-corrected chi connectivity index (χ1v) is 3.71. The van der Waals surface area contributed by atoms with E-state index in [9.17, 15) is 0 Å². The van der Waals surface area contributed by atoms with Crippen molar-refractivity contribution in [3.05, 3.63) is 12.2 Å². The first-order valence-electron chi connectivity index (χ1n) is 3.71. The van der Waals surface area contributed by atoms with Crippen molar-refractivity contribution < 1.29 is 9.84 Å². The topological polar surface area (TPSA) is 29.5 Å². The van der Waals surface area contributed by atoms with Gasteiger partial charge in [-0.05, 0) is 18.4 Å². The molecule has 0 spiro atoms. The SMILES string of the molecule is C=C(CO)C1CCCOC1. The summed E-state index contributed by atoms with van der Waals surface area (Å²) < 4.78 is 5.23. The number of rotatable bonds is 2. The second-order valence-electron chi connectivity index (χ2n) is 2.73. The second kappa shape index (κ2) is 3.74. The monoisotopic (exact) mass is 142 g/mol. The van der Waals surface area contributed by atoms with Gasteiger partial charge in [-0.25, -0.2) is 0 Å². The fourth-order valence-electron chi connectivity index (χ4n) is 1.19. The van der Waals surface area contributed by atoms with E-state index < -0.39 is 0 Å². The van der Waals surface area contributed by atoms with Crippen LogP contribution in [-0.4, -0.2) is 24.9 Å². The molecule has 0 saturated carbocycles. The Labute approximate surface area is 61.5 Å². The molecule has 1 unspecified atom stereocenters. The van der Waals surface area contributed by atoms with E-state index in [0.29, 0.717) is 5.92 Å². The highest BCUT2D eigenvalue weighted by Gasteiger charge is 2.15. The highest BCUT2D eigenvalue weighted by atomic mass is 16.5. The maximum Gasteiger partial charge on any atom is 0.0642 e. The van der Waals surface area contributed by atoms with Gasteiger partial charge in [-0.1, -0.05) is 6.58 Å². The fraction of sp³-hybridized carbons (Fsp3) is 0.750. The third kappa shape index (κ3) is 1.82. The number of hydrogen-bond donors (Lipinski definition) is 1. The zero-order chi connectivity index (χ0) is 7.40. The summed E-state index contributed by atoms with van der Waals surface area (Å²) in [7, 11) is 0. The van der Waals surface area contributed by atoms with E-state index in [-0.39, 0.29) is 6.61 Å². The summed E-state index contributed by atoms with van der Waals surface area (Å²) in [5.41, 5.74) is 0.916. The van der Waals surface area contributed by atoms with E-state index in [2.05, 4.69) is 6.58 Å². The van der Waals surface area contributed by atoms with E-state index in [4.69, 9.17) is 9.84 Å². The average Bonchev–Trinajstić information content (AvgIpc) is 2.05. The summed E-state index contributed by atoms with van der Waals surface area (Å²) in [6.45, 7) is 5.49. The molecule has 1 heterocycles. The van der Waals surface area contributed by atoms with Crippen LogP contribution >= 0.6 is 0 Å². The minimum absolute atomic E-state index is 0.105. The highest BCUT2D eigenvalue weighted by molar-refractivity contribution is 5.01. The summed E-state index contributed by atoms with van der Waals surface area (Å²) in [5.74, 6) is 0.402. The zero-order valence-corrected chi connectivity index (χ0v) is 6.18. The van der Waals surface area contributed by atoms with E-state index in [1.807, 2.05) is 0 Å². The standard InChI is InChI=1S/C8H14O2/c1-7(5-9)8-3-2-4-10-6-8/h8-9H,1-6H2. The van der Waals surface area contributed by atoms with Crippen molar-refractivity contribution in [2.24, 2.45) is 5.92 Å². The lowest BCUT2D eigenvalue weighted by atomic mass is 9.95. The molecule has 1 fully saturated rings. The minimum atomic E-state index is 0.105. The van der Waals surface area contributed by atoms with Gasteiger partial charge in [-0.2, -0.15) is 0 Å². The molecule has 0 aromatic heterocycles. The predicted octanol–water partition coefficient (Wildman–Crippen LogP) is 0.962. The van der Waals surface area contributed by atoms with Crippen LogP contribution in [0.15, 0.2) is 12.2 Å². The molecule has 58 valence electrons. The molecule has 1 N–H and O–H groups in total. The van der Waals surface area contributed by atoms with Crippen molar-refractivity contribution in [1.29, 1.82) is 0 Å². The Bertz CT molecular complexity index is 114. The van der Waals surface area contributed by atoms with Crippen LogP contribution in [0.25, 0.3) is 0 Å². The van der Waals surface area contributed by atoms with E-state index in [0.717, 1.165) is 31.6 Å². The molecule has 0 bridgehead atoms. The Hall–Kier alpha value is -0.340. The van der Waals surface area contributed by atoms with Gasteiger partial charge in [-0.3, -0.25) is 0 Å². The number of ether oxygens (including phenoxy) is 1.